The molecule has 0 saturated carbocycles. The van der Waals surface area contributed by atoms with Crippen LogP contribution in [0, 0.1) is 0 Å². The van der Waals surface area contributed by atoms with Crippen LogP contribution in [-0.4, -0.2) is 75.7 Å². The van der Waals surface area contributed by atoms with Crippen molar-refractivity contribution in [3.05, 3.63) is 24.0 Å². The first-order chi connectivity index (χ1) is 11.9. The summed E-state index contributed by atoms with van der Waals surface area (Å²) in [5, 5.41) is 13.9. The molecule has 1 aromatic rings. The predicted molar refractivity (Wildman–Crippen MR) is 94.2 cm³/mol. The smallest absolute Gasteiger partial charge is 0.270 e. The maximum atomic E-state index is 12.6. The Labute approximate surface area is 148 Å². The third-order valence-corrected chi connectivity index (χ3v) is 5.30. The van der Waals surface area contributed by atoms with Gasteiger partial charge >= 0.3 is 0 Å². The molecule has 0 unspecified atom stereocenters. The first-order valence-corrected chi connectivity index (χ1v) is 8.99. The zero-order chi connectivity index (χ0) is 18.0. The van der Waals surface area contributed by atoms with Crippen molar-refractivity contribution in [2.24, 2.45) is 7.05 Å². The number of aliphatic hydroxyl groups is 1. The number of hydrogen-bond donors (Lipinski definition) is 2. The van der Waals surface area contributed by atoms with E-state index in [-0.39, 0.29) is 17.9 Å². The van der Waals surface area contributed by atoms with Crippen LogP contribution in [0.5, 0.6) is 0 Å². The van der Waals surface area contributed by atoms with Gasteiger partial charge in [-0.1, -0.05) is 0 Å². The number of aryl methyl sites for hydroxylation is 1. The minimum atomic E-state index is -0.846. The maximum Gasteiger partial charge on any atom is 0.270 e. The molecule has 1 atom stereocenters. The average Bonchev–Trinajstić information content (AvgIpc) is 3.14. The molecule has 2 aliphatic rings. The lowest BCUT2D eigenvalue weighted by Gasteiger charge is -2.36. The molecule has 7 heteroatoms. The standard InChI is InChI=1S/C18H28N4O3/c1-14(23)19-15-5-9-21(10-6-15)12-18(25)7-11-22(13-18)17(24)16-4-3-8-20(16)2/h3-4,8,15,25H,5-7,9-13H2,1-2H3,(H,19,23)/t18-/m0/s1. The summed E-state index contributed by atoms with van der Waals surface area (Å²) in [7, 11) is 1.86. The Bertz CT molecular complexity index is 636. The molecule has 2 fully saturated rings. The van der Waals surface area contributed by atoms with Crippen LogP contribution in [0.1, 0.15) is 36.7 Å². The van der Waals surface area contributed by atoms with Gasteiger partial charge in [0, 0.05) is 52.4 Å². The Balaban J connectivity index is 1.52. The van der Waals surface area contributed by atoms with E-state index >= 15 is 0 Å². The third kappa shape index (κ3) is 4.22. The fourth-order valence-corrected chi connectivity index (χ4v) is 3.94. The highest BCUT2D eigenvalue weighted by atomic mass is 16.3. The van der Waals surface area contributed by atoms with Crippen LogP contribution >= 0.6 is 0 Å². The molecule has 7 nitrogen and oxygen atoms in total. The molecule has 3 rings (SSSR count). The van der Waals surface area contributed by atoms with Crippen molar-refractivity contribution in [2.45, 2.75) is 37.8 Å². The maximum absolute atomic E-state index is 12.6. The van der Waals surface area contributed by atoms with Crippen LogP contribution < -0.4 is 5.32 Å². The van der Waals surface area contributed by atoms with Gasteiger partial charge in [0.25, 0.3) is 5.91 Å². The number of β-amino-alcohol motifs (C(OH)–C–C–N with tert-alkyl or cyclic N) is 1. The van der Waals surface area contributed by atoms with E-state index in [2.05, 4.69) is 10.2 Å². The second kappa shape index (κ2) is 7.17. The van der Waals surface area contributed by atoms with E-state index in [1.54, 1.807) is 11.8 Å². The number of aromatic nitrogens is 1. The van der Waals surface area contributed by atoms with Crippen molar-refractivity contribution >= 4 is 11.8 Å². The van der Waals surface area contributed by atoms with Crippen molar-refractivity contribution in [2.75, 3.05) is 32.7 Å². The lowest BCUT2D eigenvalue weighted by atomic mass is 9.99. The van der Waals surface area contributed by atoms with E-state index in [9.17, 15) is 14.7 Å². The lowest BCUT2D eigenvalue weighted by molar-refractivity contribution is -0.120. The Kier molecular flexibility index (Phi) is 5.15. The molecule has 3 heterocycles. The van der Waals surface area contributed by atoms with Gasteiger partial charge in [0.1, 0.15) is 5.69 Å². The molecule has 2 amide bonds. The van der Waals surface area contributed by atoms with Crippen molar-refractivity contribution in [1.29, 1.82) is 0 Å². The first kappa shape index (κ1) is 17.9. The Hall–Kier alpha value is -1.86. The van der Waals surface area contributed by atoms with Gasteiger partial charge in [0.05, 0.1) is 12.1 Å². The summed E-state index contributed by atoms with van der Waals surface area (Å²) in [4.78, 5) is 27.7. The van der Waals surface area contributed by atoms with Crippen molar-refractivity contribution < 1.29 is 14.7 Å². The topological polar surface area (TPSA) is 77.8 Å². The molecular formula is C18H28N4O3. The lowest BCUT2D eigenvalue weighted by Crippen LogP contribution is -2.50. The molecule has 1 aromatic heterocycles. The number of carbonyl (C=O) groups excluding carboxylic acids is 2. The Morgan fingerprint density at radius 2 is 2.04 bits per heavy atom. The molecule has 25 heavy (non-hydrogen) atoms. The van der Waals surface area contributed by atoms with E-state index in [0.717, 1.165) is 25.9 Å². The molecule has 0 aromatic carbocycles. The van der Waals surface area contributed by atoms with Crippen LogP contribution in [0.2, 0.25) is 0 Å². The number of carbonyl (C=O) groups is 2. The molecule has 0 bridgehead atoms. The summed E-state index contributed by atoms with van der Waals surface area (Å²) >= 11 is 0. The van der Waals surface area contributed by atoms with E-state index in [0.29, 0.717) is 31.7 Å². The van der Waals surface area contributed by atoms with Crippen LogP contribution in [0.25, 0.3) is 0 Å². The highest BCUT2D eigenvalue weighted by Gasteiger charge is 2.40. The Morgan fingerprint density at radius 3 is 2.64 bits per heavy atom. The largest absolute Gasteiger partial charge is 0.387 e. The molecule has 0 aliphatic carbocycles. The van der Waals surface area contributed by atoms with Gasteiger partial charge < -0.3 is 24.8 Å². The highest BCUT2D eigenvalue weighted by molar-refractivity contribution is 5.93. The van der Waals surface area contributed by atoms with E-state index in [1.165, 1.54) is 0 Å². The van der Waals surface area contributed by atoms with Crippen LogP contribution in [0.4, 0.5) is 0 Å². The predicted octanol–water partition coefficient (Wildman–Crippen LogP) is 0.203. The third-order valence-electron chi connectivity index (χ3n) is 5.30. The van der Waals surface area contributed by atoms with Gasteiger partial charge in [-0.15, -0.1) is 0 Å². The average molecular weight is 348 g/mol. The van der Waals surface area contributed by atoms with Crippen LogP contribution in [0.15, 0.2) is 18.3 Å². The summed E-state index contributed by atoms with van der Waals surface area (Å²) in [5.74, 6) is -0.00417. The number of nitrogens with zero attached hydrogens (tertiary/aromatic N) is 3. The van der Waals surface area contributed by atoms with Crippen molar-refractivity contribution in [3.63, 3.8) is 0 Å². The van der Waals surface area contributed by atoms with Gasteiger partial charge in [0.2, 0.25) is 5.91 Å². The molecule has 2 N–H and O–H groups in total. The zero-order valence-electron chi connectivity index (χ0n) is 15.1. The van der Waals surface area contributed by atoms with Crippen molar-refractivity contribution in [3.8, 4) is 0 Å². The van der Waals surface area contributed by atoms with Crippen LogP contribution in [-0.2, 0) is 11.8 Å². The number of amides is 2. The zero-order valence-corrected chi connectivity index (χ0v) is 15.1. The minimum Gasteiger partial charge on any atom is -0.387 e. The normalized spacial score (nSPS) is 25.3. The summed E-state index contributed by atoms with van der Waals surface area (Å²) in [6, 6.07) is 3.91. The SMILES string of the molecule is CC(=O)NC1CCN(C[C@@]2(O)CCN(C(=O)c3cccn3C)C2)CC1. The van der Waals surface area contributed by atoms with Gasteiger partial charge in [-0.25, -0.2) is 0 Å². The fraction of sp³-hybridized carbons (Fsp3) is 0.667. The van der Waals surface area contributed by atoms with Gasteiger partial charge in [-0.2, -0.15) is 0 Å². The number of likely N-dealkylation sites (tertiary alicyclic amines) is 2. The second-order valence-corrected chi connectivity index (χ2v) is 7.46. The van der Waals surface area contributed by atoms with E-state index in [1.807, 2.05) is 29.9 Å². The summed E-state index contributed by atoms with van der Waals surface area (Å²) in [5.41, 5.74) is -0.192. The summed E-state index contributed by atoms with van der Waals surface area (Å²) < 4.78 is 1.81. The molecular weight excluding hydrogens is 320 g/mol. The molecule has 0 radical (unpaired) electrons. The highest BCUT2D eigenvalue weighted by Crippen LogP contribution is 2.25. The number of piperidine rings is 1. The fourth-order valence-electron chi connectivity index (χ4n) is 3.94. The summed E-state index contributed by atoms with van der Waals surface area (Å²) in [6.45, 7) is 4.81. The molecule has 138 valence electrons. The van der Waals surface area contributed by atoms with Gasteiger partial charge in [-0.05, 0) is 31.4 Å². The molecule has 0 spiro atoms. The number of rotatable bonds is 4. The van der Waals surface area contributed by atoms with Gasteiger partial charge in [0.15, 0.2) is 0 Å². The number of nitrogens with one attached hydrogen (secondary N) is 1. The van der Waals surface area contributed by atoms with E-state index in [4.69, 9.17) is 0 Å². The monoisotopic (exact) mass is 348 g/mol. The van der Waals surface area contributed by atoms with Crippen molar-refractivity contribution in [1.82, 2.24) is 19.7 Å². The summed E-state index contributed by atoms with van der Waals surface area (Å²) in [6.07, 6.45) is 4.27. The molecule has 2 aliphatic heterocycles. The van der Waals surface area contributed by atoms with Crippen LogP contribution in [0.3, 0.4) is 0 Å². The number of hydrogen-bond acceptors (Lipinski definition) is 4. The second-order valence-electron chi connectivity index (χ2n) is 7.46. The molecule has 2 saturated heterocycles. The minimum absolute atomic E-state index is 0.0164. The van der Waals surface area contributed by atoms with Gasteiger partial charge in [-0.3, -0.25) is 9.59 Å². The quantitative estimate of drug-likeness (QED) is 0.815. The first-order valence-electron chi connectivity index (χ1n) is 8.99. The van der Waals surface area contributed by atoms with E-state index < -0.39 is 5.60 Å². The Morgan fingerprint density at radius 1 is 1.32 bits per heavy atom.